The first-order chi connectivity index (χ1) is 13.9. The van der Waals surface area contributed by atoms with Crippen LogP contribution in [-0.2, 0) is 0 Å². The quantitative estimate of drug-likeness (QED) is 0.325. The van der Waals surface area contributed by atoms with Crippen molar-refractivity contribution < 1.29 is 9.20 Å². The van der Waals surface area contributed by atoms with Crippen LogP contribution in [-0.4, -0.2) is 13.3 Å². The average molecular weight is 402 g/mol. The lowest BCUT2D eigenvalue weighted by atomic mass is 10.2. The Labute approximate surface area is 171 Å². The van der Waals surface area contributed by atoms with Crippen molar-refractivity contribution in [2.75, 3.05) is 0 Å². The van der Waals surface area contributed by atoms with E-state index in [9.17, 15) is 4.79 Å². The van der Waals surface area contributed by atoms with E-state index in [1.807, 2.05) is 12.1 Å². The van der Waals surface area contributed by atoms with E-state index in [1.165, 1.54) is 21.8 Å². The molecule has 1 heterocycles. The van der Waals surface area contributed by atoms with Gasteiger partial charge in [-0.15, -0.1) is 0 Å². The first-order valence-corrected chi connectivity index (χ1v) is 11.8. The number of hydrogen-bond acceptors (Lipinski definition) is 2. The molecule has 0 aliphatic rings. The molecule has 0 aliphatic heterocycles. The smallest absolute Gasteiger partial charge is 0.283 e. The molecule has 0 radical (unpaired) electrons. The highest BCUT2D eigenvalue weighted by molar-refractivity contribution is 7.13. The van der Waals surface area contributed by atoms with E-state index in [0.717, 1.165) is 5.69 Å². The fourth-order valence-corrected chi connectivity index (χ4v) is 10.3. The summed E-state index contributed by atoms with van der Waals surface area (Å²) in [5.41, 5.74) is 0.537. The topological polar surface area (TPSA) is 49.9 Å². The van der Waals surface area contributed by atoms with Gasteiger partial charge in [0.2, 0.25) is 5.69 Å². The second-order valence-corrected chi connectivity index (χ2v) is 13.0. The van der Waals surface area contributed by atoms with Gasteiger partial charge in [-0.25, -0.2) is 4.79 Å². The number of nitrogens with one attached hydrogen (secondary N) is 1. The van der Waals surface area contributed by atoms with E-state index in [-0.39, 0.29) is 5.04 Å². The molecule has 0 spiro atoms. The summed E-state index contributed by atoms with van der Waals surface area (Å²) < 4.78 is 6.67. The first-order valence-electron chi connectivity index (χ1n) is 9.76. The van der Waals surface area contributed by atoms with E-state index >= 15 is 0 Å². The molecule has 1 aromatic heterocycles. The maximum absolute atomic E-state index is 11.8. The number of benzene rings is 3. The van der Waals surface area contributed by atoms with Gasteiger partial charge in [0, 0.05) is 11.3 Å². The standard InChI is InChI=1S/C24H24N2O2Si/c1-24(2,3)29(19-12-6-4-7-13-19,20-14-8-5-9-15-20)22-17-11-10-16-21(22)26-18-23(27)28-25-26/h4-18H,1-3H3/p+1. The fourth-order valence-electron chi connectivity index (χ4n) is 4.50. The molecule has 4 rings (SSSR count). The predicted octanol–water partition coefficient (Wildman–Crippen LogP) is 2.51. The number of H-pyrrole nitrogens is 1. The number of rotatable bonds is 4. The maximum atomic E-state index is 11.8. The zero-order valence-corrected chi connectivity index (χ0v) is 17.9. The minimum absolute atomic E-state index is 0.0452. The Morgan fingerprint density at radius 3 is 1.79 bits per heavy atom. The second kappa shape index (κ2) is 7.33. The molecule has 0 aliphatic carbocycles. The predicted molar refractivity (Wildman–Crippen MR) is 118 cm³/mol. The van der Waals surface area contributed by atoms with Crippen molar-refractivity contribution in [1.82, 2.24) is 5.27 Å². The monoisotopic (exact) mass is 401 g/mol. The number of para-hydroxylation sites is 1. The van der Waals surface area contributed by atoms with Gasteiger partial charge in [0.05, 0.1) is 0 Å². The number of aromatic nitrogens is 2. The van der Waals surface area contributed by atoms with Crippen molar-refractivity contribution in [2.24, 2.45) is 0 Å². The normalized spacial score (nSPS) is 12.1. The molecule has 0 saturated carbocycles. The van der Waals surface area contributed by atoms with Gasteiger partial charge in [-0.05, 0) is 25.4 Å². The number of aromatic amines is 1. The van der Waals surface area contributed by atoms with Gasteiger partial charge in [0.1, 0.15) is 0 Å². The summed E-state index contributed by atoms with van der Waals surface area (Å²) in [5, 5.41) is 6.59. The van der Waals surface area contributed by atoms with Gasteiger partial charge in [-0.3, -0.25) is 4.52 Å². The molecule has 0 unspecified atom stereocenters. The Balaban J connectivity index is 2.15. The Bertz CT molecular complexity index is 1120. The molecule has 5 heteroatoms. The van der Waals surface area contributed by atoms with Crippen LogP contribution in [0.5, 0.6) is 0 Å². The first kappa shape index (κ1) is 19.1. The SMILES string of the molecule is CC(C)(C)[Si](c1ccccc1)(c1ccccc1)c1ccccc1-[n+]1cc(=O)o[nH]1. The summed E-state index contributed by atoms with van der Waals surface area (Å²) in [6, 6.07) is 29.8. The lowest BCUT2D eigenvalue weighted by molar-refractivity contribution is -0.669. The molecule has 0 amide bonds. The van der Waals surface area contributed by atoms with Crippen molar-refractivity contribution in [3.8, 4) is 5.69 Å². The minimum Gasteiger partial charge on any atom is -0.283 e. The van der Waals surface area contributed by atoms with E-state index in [1.54, 1.807) is 4.68 Å². The number of nitrogens with zero attached hydrogens (tertiary/aromatic N) is 1. The van der Waals surface area contributed by atoms with Gasteiger partial charge >= 0.3 is 5.63 Å². The average Bonchev–Trinajstić information content (AvgIpc) is 3.16. The molecular weight excluding hydrogens is 376 g/mol. The lowest BCUT2D eigenvalue weighted by Crippen LogP contribution is -2.73. The highest BCUT2D eigenvalue weighted by Crippen LogP contribution is 2.36. The minimum atomic E-state index is -2.53. The van der Waals surface area contributed by atoms with Crippen molar-refractivity contribution in [1.29, 1.82) is 0 Å². The van der Waals surface area contributed by atoms with Crippen molar-refractivity contribution in [2.45, 2.75) is 25.8 Å². The van der Waals surface area contributed by atoms with E-state index in [0.29, 0.717) is 0 Å². The molecule has 0 atom stereocenters. The van der Waals surface area contributed by atoms with Crippen molar-refractivity contribution in [3.05, 3.63) is 102 Å². The maximum Gasteiger partial charge on any atom is 0.427 e. The zero-order valence-electron chi connectivity index (χ0n) is 16.9. The van der Waals surface area contributed by atoms with Crippen LogP contribution >= 0.6 is 0 Å². The van der Waals surface area contributed by atoms with Crippen LogP contribution in [0.3, 0.4) is 0 Å². The molecular formula is C24H25N2O2Si+. The summed E-state index contributed by atoms with van der Waals surface area (Å²) in [6.45, 7) is 6.95. The molecule has 4 aromatic rings. The molecule has 1 N–H and O–H groups in total. The third kappa shape index (κ3) is 3.17. The van der Waals surface area contributed by atoms with Crippen LogP contribution < -0.4 is 25.9 Å². The van der Waals surface area contributed by atoms with Gasteiger partial charge in [0.25, 0.3) is 6.20 Å². The molecule has 0 bridgehead atoms. The molecule has 4 nitrogen and oxygen atoms in total. The van der Waals surface area contributed by atoms with Crippen molar-refractivity contribution in [3.63, 3.8) is 0 Å². The number of hydrogen-bond donors (Lipinski definition) is 1. The molecule has 29 heavy (non-hydrogen) atoms. The summed E-state index contributed by atoms with van der Waals surface area (Å²) in [4.78, 5) is 11.8. The van der Waals surface area contributed by atoms with E-state index in [4.69, 9.17) is 4.52 Å². The van der Waals surface area contributed by atoms with Crippen LogP contribution in [0.1, 0.15) is 20.8 Å². The van der Waals surface area contributed by atoms with E-state index < -0.39 is 13.7 Å². The highest BCUT2D eigenvalue weighted by atomic mass is 28.3. The van der Waals surface area contributed by atoms with Gasteiger partial charge in [-0.2, -0.15) is 0 Å². The van der Waals surface area contributed by atoms with Crippen LogP contribution in [0.2, 0.25) is 5.04 Å². The summed E-state index contributed by atoms with van der Waals surface area (Å²) >= 11 is 0. The van der Waals surface area contributed by atoms with Gasteiger partial charge in [-0.1, -0.05) is 99.6 Å². The zero-order chi connectivity index (χ0) is 20.5. The van der Waals surface area contributed by atoms with Gasteiger partial charge in [0.15, 0.2) is 8.07 Å². The van der Waals surface area contributed by atoms with Gasteiger partial charge < -0.3 is 0 Å². The molecule has 3 aromatic carbocycles. The van der Waals surface area contributed by atoms with E-state index in [2.05, 4.69) is 98.8 Å². The Kier molecular flexibility index (Phi) is 4.84. The van der Waals surface area contributed by atoms with Crippen LogP contribution in [0, 0.1) is 0 Å². The molecule has 146 valence electrons. The van der Waals surface area contributed by atoms with Crippen LogP contribution in [0.4, 0.5) is 0 Å². The summed E-state index contributed by atoms with van der Waals surface area (Å²) in [7, 11) is -2.53. The largest absolute Gasteiger partial charge is 0.427 e. The Hall–Kier alpha value is -3.18. The Morgan fingerprint density at radius 2 is 1.31 bits per heavy atom. The lowest BCUT2D eigenvalue weighted by Gasteiger charge is -2.44. The summed E-state index contributed by atoms with van der Waals surface area (Å²) in [6.07, 6.45) is 1.46. The second-order valence-electron chi connectivity index (χ2n) is 8.26. The molecule has 0 fully saturated rings. The Morgan fingerprint density at radius 1 is 0.793 bits per heavy atom. The third-order valence-electron chi connectivity index (χ3n) is 5.59. The molecule has 0 saturated heterocycles. The third-order valence-corrected chi connectivity index (χ3v) is 11.5. The fraction of sp³-hybridized carbons (Fsp3) is 0.167. The van der Waals surface area contributed by atoms with Crippen molar-refractivity contribution >= 4 is 23.6 Å². The summed E-state index contributed by atoms with van der Waals surface area (Å²) in [5.74, 6) is 0. The van der Waals surface area contributed by atoms with Crippen LogP contribution in [0.25, 0.3) is 5.69 Å². The highest BCUT2D eigenvalue weighted by Gasteiger charge is 2.52. The van der Waals surface area contributed by atoms with Crippen LogP contribution in [0.15, 0.2) is 100 Å².